The van der Waals surface area contributed by atoms with Crippen LogP contribution in [0.15, 0.2) is 51.4 Å². The second-order valence-electron chi connectivity index (χ2n) is 4.46. The van der Waals surface area contributed by atoms with Crippen LogP contribution >= 0.6 is 31.9 Å². The molecule has 1 unspecified atom stereocenters. The lowest BCUT2D eigenvalue weighted by Crippen LogP contribution is -2.21. The zero-order valence-electron chi connectivity index (χ0n) is 10.7. The van der Waals surface area contributed by atoms with Crippen LogP contribution in [0.1, 0.15) is 17.2 Å². The van der Waals surface area contributed by atoms with Gasteiger partial charge < -0.3 is 11.1 Å². The summed E-state index contributed by atoms with van der Waals surface area (Å²) in [4.78, 5) is 0. The predicted octanol–water partition coefficient (Wildman–Crippen LogP) is 4.63. The highest BCUT2D eigenvalue weighted by Gasteiger charge is 2.12. The highest BCUT2D eigenvalue weighted by atomic mass is 79.9. The normalized spacial score (nSPS) is 12.2. The quantitative estimate of drug-likeness (QED) is 0.807. The van der Waals surface area contributed by atoms with Crippen LogP contribution in [0.3, 0.4) is 0 Å². The first-order chi connectivity index (χ1) is 9.10. The Morgan fingerprint density at radius 1 is 1.11 bits per heavy atom. The molecule has 0 saturated carbocycles. The Labute approximate surface area is 130 Å². The molecule has 2 nitrogen and oxygen atoms in total. The smallest absolute Gasteiger partial charge is 0.0647 e. The van der Waals surface area contributed by atoms with Gasteiger partial charge in [-0.2, -0.15) is 0 Å². The molecule has 0 amide bonds. The minimum atomic E-state index is 0.0937. The molecule has 0 aromatic heterocycles. The minimum Gasteiger partial charge on any atom is -0.377 e. The molecule has 0 fully saturated rings. The van der Waals surface area contributed by atoms with Crippen molar-refractivity contribution in [3.8, 4) is 0 Å². The van der Waals surface area contributed by atoms with Gasteiger partial charge in [-0.25, -0.2) is 0 Å². The van der Waals surface area contributed by atoms with Gasteiger partial charge in [-0.05, 0) is 48.4 Å². The predicted molar refractivity (Wildman–Crippen MR) is 88.4 cm³/mol. The maximum atomic E-state index is 5.90. The second-order valence-corrected chi connectivity index (χ2v) is 6.23. The Morgan fingerprint density at radius 3 is 2.37 bits per heavy atom. The molecule has 0 aliphatic rings. The molecule has 3 N–H and O–H groups in total. The molecule has 0 spiro atoms. The molecule has 0 saturated heterocycles. The second kappa shape index (κ2) is 6.55. The molecular formula is C15H16Br2N2. The molecule has 2 aromatic carbocycles. The van der Waals surface area contributed by atoms with E-state index >= 15 is 0 Å². The third-order valence-electron chi connectivity index (χ3n) is 2.95. The van der Waals surface area contributed by atoms with Crippen molar-refractivity contribution in [3.05, 3.63) is 62.5 Å². The molecule has 0 aliphatic carbocycles. The van der Waals surface area contributed by atoms with E-state index < -0.39 is 0 Å². The number of nitrogens with two attached hydrogens (primary N) is 1. The van der Waals surface area contributed by atoms with E-state index in [0.717, 1.165) is 14.6 Å². The average molecular weight is 384 g/mol. The molecule has 100 valence electrons. The van der Waals surface area contributed by atoms with E-state index in [-0.39, 0.29) is 6.04 Å². The molecule has 4 heteroatoms. The minimum absolute atomic E-state index is 0.0937. The number of nitrogens with one attached hydrogen (secondary N) is 1. The van der Waals surface area contributed by atoms with Gasteiger partial charge in [-0.1, -0.05) is 44.0 Å². The van der Waals surface area contributed by atoms with Gasteiger partial charge in [-0.15, -0.1) is 0 Å². The van der Waals surface area contributed by atoms with Crippen LogP contribution in [0.25, 0.3) is 0 Å². The summed E-state index contributed by atoms with van der Waals surface area (Å²) in [5.74, 6) is 0. The topological polar surface area (TPSA) is 38.0 Å². The summed E-state index contributed by atoms with van der Waals surface area (Å²) in [6.45, 7) is 2.62. The van der Waals surface area contributed by atoms with E-state index in [9.17, 15) is 0 Å². The maximum Gasteiger partial charge on any atom is 0.0647 e. The van der Waals surface area contributed by atoms with E-state index in [1.54, 1.807) is 0 Å². The Kier molecular flexibility index (Phi) is 5.02. The number of aryl methyl sites for hydroxylation is 1. The third-order valence-corrected chi connectivity index (χ3v) is 4.17. The Bertz CT molecular complexity index is 553. The summed E-state index contributed by atoms with van der Waals surface area (Å²) >= 11 is 7.04. The molecule has 1 atom stereocenters. The zero-order chi connectivity index (χ0) is 13.8. The summed E-state index contributed by atoms with van der Waals surface area (Å²) in [7, 11) is 0. The molecule has 0 bridgehead atoms. The largest absolute Gasteiger partial charge is 0.377 e. The summed E-state index contributed by atoms with van der Waals surface area (Å²) in [6, 6.07) is 14.5. The summed E-state index contributed by atoms with van der Waals surface area (Å²) in [5.41, 5.74) is 9.37. The monoisotopic (exact) mass is 382 g/mol. The van der Waals surface area contributed by atoms with Crippen molar-refractivity contribution in [3.63, 3.8) is 0 Å². The van der Waals surface area contributed by atoms with Gasteiger partial charge >= 0.3 is 0 Å². The van der Waals surface area contributed by atoms with Crippen LogP contribution in [-0.4, -0.2) is 6.54 Å². The first-order valence-corrected chi connectivity index (χ1v) is 7.67. The maximum absolute atomic E-state index is 5.90. The fourth-order valence-electron chi connectivity index (χ4n) is 1.93. The molecule has 2 rings (SSSR count). The van der Waals surface area contributed by atoms with E-state index in [1.165, 1.54) is 11.1 Å². The zero-order valence-corrected chi connectivity index (χ0v) is 13.8. The standard InChI is InChI=1S/C15H16Br2N2/c1-10-2-7-13(14(17)8-10)15(9-18)19-12-5-3-11(16)4-6-12/h2-8,15,19H,9,18H2,1H3. The van der Waals surface area contributed by atoms with Crippen molar-refractivity contribution in [2.75, 3.05) is 11.9 Å². The van der Waals surface area contributed by atoms with Crippen LogP contribution in [0.2, 0.25) is 0 Å². The number of halogens is 2. The van der Waals surface area contributed by atoms with E-state index in [0.29, 0.717) is 6.54 Å². The number of anilines is 1. The van der Waals surface area contributed by atoms with Crippen molar-refractivity contribution in [1.29, 1.82) is 0 Å². The van der Waals surface area contributed by atoms with Crippen LogP contribution in [0.5, 0.6) is 0 Å². The summed E-state index contributed by atoms with van der Waals surface area (Å²) in [5, 5.41) is 3.46. The highest BCUT2D eigenvalue weighted by Crippen LogP contribution is 2.27. The van der Waals surface area contributed by atoms with Crippen LogP contribution in [0, 0.1) is 6.92 Å². The molecular weight excluding hydrogens is 368 g/mol. The Balaban J connectivity index is 2.22. The van der Waals surface area contributed by atoms with Crippen molar-refractivity contribution in [2.24, 2.45) is 5.73 Å². The fraction of sp³-hybridized carbons (Fsp3) is 0.200. The fourth-order valence-corrected chi connectivity index (χ4v) is 2.96. The van der Waals surface area contributed by atoms with Crippen molar-refractivity contribution in [2.45, 2.75) is 13.0 Å². The van der Waals surface area contributed by atoms with Gasteiger partial charge in [0.2, 0.25) is 0 Å². The van der Waals surface area contributed by atoms with Gasteiger partial charge in [0.25, 0.3) is 0 Å². The number of hydrogen-bond acceptors (Lipinski definition) is 2. The molecule has 19 heavy (non-hydrogen) atoms. The van der Waals surface area contributed by atoms with Crippen LogP contribution < -0.4 is 11.1 Å². The number of benzene rings is 2. The lowest BCUT2D eigenvalue weighted by Gasteiger charge is -2.20. The number of hydrogen-bond donors (Lipinski definition) is 2. The highest BCUT2D eigenvalue weighted by molar-refractivity contribution is 9.10. The third kappa shape index (κ3) is 3.81. The lowest BCUT2D eigenvalue weighted by atomic mass is 10.0. The molecule has 2 aromatic rings. The Hall–Kier alpha value is -0.840. The molecule has 0 heterocycles. The average Bonchev–Trinajstić information content (AvgIpc) is 2.39. The molecule has 0 aliphatic heterocycles. The van der Waals surface area contributed by atoms with Crippen LogP contribution in [0.4, 0.5) is 5.69 Å². The van der Waals surface area contributed by atoms with Gasteiger partial charge in [0, 0.05) is 21.2 Å². The summed E-state index contributed by atoms with van der Waals surface area (Å²) in [6.07, 6.45) is 0. The van der Waals surface area contributed by atoms with Gasteiger partial charge in [0.1, 0.15) is 0 Å². The van der Waals surface area contributed by atoms with Gasteiger partial charge in [-0.3, -0.25) is 0 Å². The number of rotatable bonds is 4. The van der Waals surface area contributed by atoms with E-state index in [1.807, 2.05) is 24.3 Å². The van der Waals surface area contributed by atoms with Crippen molar-refractivity contribution >= 4 is 37.5 Å². The van der Waals surface area contributed by atoms with Crippen molar-refractivity contribution in [1.82, 2.24) is 0 Å². The van der Waals surface area contributed by atoms with E-state index in [4.69, 9.17) is 5.73 Å². The van der Waals surface area contributed by atoms with Gasteiger partial charge in [0.05, 0.1) is 6.04 Å². The first kappa shape index (κ1) is 14.6. The Morgan fingerprint density at radius 2 is 1.79 bits per heavy atom. The SMILES string of the molecule is Cc1ccc(C(CN)Nc2ccc(Br)cc2)c(Br)c1. The summed E-state index contributed by atoms with van der Waals surface area (Å²) < 4.78 is 2.16. The van der Waals surface area contributed by atoms with Crippen molar-refractivity contribution < 1.29 is 0 Å². The lowest BCUT2D eigenvalue weighted by molar-refractivity contribution is 0.785. The van der Waals surface area contributed by atoms with Crippen LogP contribution in [-0.2, 0) is 0 Å². The molecule has 0 radical (unpaired) electrons. The first-order valence-electron chi connectivity index (χ1n) is 6.08. The van der Waals surface area contributed by atoms with Gasteiger partial charge in [0.15, 0.2) is 0 Å². The van der Waals surface area contributed by atoms with E-state index in [2.05, 4.69) is 62.3 Å².